The summed E-state index contributed by atoms with van der Waals surface area (Å²) in [5.41, 5.74) is 5.85. The molecule has 0 radical (unpaired) electrons. The zero-order valence-corrected chi connectivity index (χ0v) is 10.9. The number of hydrogen-bond acceptors (Lipinski definition) is 7. The summed E-state index contributed by atoms with van der Waals surface area (Å²) in [4.78, 5) is 4.14. The highest BCUT2D eigenvalue weighted by atomic mass is 16.5. The number of rotatable bonds is 10. The van der Waals surface area contributed by atoms with E-state index in [4.69, 9.17) is 24.5 Å². The van der Waals surface area contributed by atoms with Gasteiger partial charge in [-0.3, -0.25) is 0 Å². The summed E-state index contributed by atoms with van der Waals surface area (Å²) in [5.74, 6) is 0.850. The Morgan fingerprint density at radius 3 is 2.83 bits per heavy atom. The molecule has 0 aliphatic heterocycles. The second kappa shape index (κ2) is 8.98. The van der Waals surface area contributed by atoms with Gasteiger partial charge in [-0.1, -0.05) is 12.1 Å². The number of methoxy groups -OCH3 is 1. The third kappa shape index (κ3) is 5.54. The quantitative estimate of drug-likeness (QED) is 0.617. The maximum Gasteiger partial charge on any atom is 0.252 e. The van der Waals surface area contributed by atoms with Crippen LogP contribution in [0.25, 0.3) is 0 Å². The minimum absolute atomic E-state index is 0.263. The van der Waals surface area contributed by atoms with E-state index in [2.05, 4.69) is 10.1 Å². The Morgan fingerprint density at radius 2 is 2.11 bits per heavy atom. The normalized spacial score (nSPS) is 12.8. The first-order valence-corrected chi connectivity index (χ1v) is 6.00. The van der Waals surface area contributed by atoms with E-state index < -0.39 is 0 Å². The van der Waals surface area contributed by atoms with Crippen molar-refractivity contribution in [3.05, 3.63) is 11.7 Å². The first-order chi connectivity index (χ1) is 8.77. The number of nitrogens with two attached hydrogens (primary N) is 1. The van der Waals surface area contributed by atoms with Crippen LogP contribution in [-0.4, -0.2) is 43.7 Å². The van der Waals surface area contributed by atoms with Crippen LogP contribution in [0.4, 0.5) is 0 Å². The first kappa shape index (κ1) is 15.0. The van der Waals surface area contributed by atoms with E-state index in [1.165, 1.54) is 0 Å². The molecule has 0 bridgehead atoms. The summed E-state index contributed by atoms with van der Waals surface area (Å²) in [5, 5.41) is 3.79. The van der Waals surface area contributed by atoms with Gasteiger partial charge >= 0.3 is 0 Å². The van der Waals surface area contributed by atoms with Crippen LogP contribution in [0.2, 0.25) is 0 Å². The molecule has 1 unspecified atom stereocenters. The van der Waals surface area contributed by atoms with Crippen LogP contribution in [0.3, 0.4) is 0 Å². The molecule has 18 heavy (non-hydrogen) atoms. The lowest BCUT2D eigenvalue weighted by atomic mass is 10.3. The molecule has 0 fully saturated rings. The highest BCUT2D eigenvalue weighted by Crippen LogP contribution is 2.07. The van der Waals surface area contributed by atoms with Gasteiger partial charge in [-0.25, -0.2) is 0 Å². The van der Waals surface area contributed by atoms with Crippen molar-refractivity contribution in [3.63, 3.8) is 0 Å². The van der Waals surface area contributed by atoms with E-state index >= 15 is 0 Å². The van der Waals surface area contributed by atoms with Crippen molar-refractivity contribution < 1.29 is 18.7 Å². The van der Waals surface area contributed by atoms with Crippen molar-refractivity contribution >= 4 is 0 Å². The van der Waals surface area contributed by atoms with Gasteiger partial charge in [-0.05, 0) is 6.42 Å². The molecule has 7 nitrogen and oxygen atoms in total. The summed E-state index contributed by atoms with van der Waals surface area (Å²) in [6.45, 7) is 4.38. The van der Waals surface area contributed by atoms with Crippen molar-refractivity contribution in [1.29, 1.82) is 0 Å². The van der Waals surface area contributed by atoms with Gasteiger partial charge in [0.05, 0.1) is 25.9 Å². The summed E-state index contributed by atoms with van der Waals surface area (Å²) in [6, 6.07) is -0.368. The standard InChI is InChI=1S/C11H21N3O4/c1-3-4-16-7-9(12)11-13-10(18-14-11)8-17-6-5-15-2/h9H,3-8,12H2,1-2H3. The Balaban J connectivity index is 2.28. The lowest BCUT2D eigenvalue weighted by Gasteiger charge is -2.06. The van der Waals surface area contributed by atoms with Gasteiger partial charge < -0.3 is 24.5 Å². The maximum absolute atomic E-state index is 5.85. The number of ether oxygens (including phenoxy) is 3. The van der Waals surface area contributed by atoms with Crippen LogP contribution >= 0.6 is 0 Å². The fourth-order valence-electron chi connectivity index (χ4n) is 1.21. The Labute approximate surface area is 107 Å². The van der Waals surface area contributed by atoms with Gasteiger partial charge in [0.1, 0.15) is 6.61 Å². The van der Waals surface area contributed by atoms with Gasteiger partial charge in [0.15, 0.2) is 5.82 Å². The second-order valence-electron chi connectivity index (χ2n) is 3.77. The van der Waals surface area contributed by atoms with Gasteiger partial charge in [-0.2, -0.15) is 4.98 Å². The lowest BCUT2D eigenvalue weighted by molar-refractivity contribution is 0.0494. The topological polar surface area (TPSA) is 92.6 Å². The van der Waals surface area contributed by atoms with Crippen LogP contribution in [0, 0.1) is 0 Å². The molecule has 1 atom stereocenters. The minimum Gasteiger partial charge on any atom is -0.382 e. The van der Waals surface area contributed by atoms with E-state index in [1.807, 2.05) is 6.92 Å². The summed E-state index contributed by atoms with van der Waals surface area (Å²) in [7, 11) is 1.61. The van der Waals surface area contributed by atoms with E-state index in [9.17, 15) is 0 Å². The molecule has 2 N–H and O–H groups in total. The molecule has 0 saturated carbocycles. The number of aromatic nitrogens is 2. The molecule has 1 heterocycles. The molecular weight excluding hydrogens is 238 g/mol. The molecule has 7 heteroatoms. The molecule has 1 aromatic heterocycles. The molecule has 1 rings (SSSR count). The van der Waals surface area contributed by atoms with Gasteiger partial charge in [0, 0.05) is 13.7 Å². The van der Waals surface area contributed by atoms with Crippen LogP contribution in [0.5, 0.6) is 0 Å². The number of nitrogens with zero attached hydrogens (tertiary/aromatic N) is 2. The van der Waals surface area contributed by atoms with Crippen LogP contribution < -0.4 is 5.73 Å². The molecule has 1 aromatic rings. The number of hydrogen-bond donors (Lipinski definition) is 1. The predicted molar refractivity (Wildman–Crippen MR) is 63.9 cm³/mol. The monoisotopic (exact) mass is 259 g/mol. The van der Waals surface area contributed by atoms with E-state index in [-0.39, 0.29) is 12.6 Å². The van der Waals surface area contributed by atoms with E-state index in [0.717, 1.165) is 6.42 Å². The third-order valence-corrected chi connectivity index (χ3v) is 2.12. The van der Waals surface area contributed by atoms with Crippen molar-refractivity contribution in [2.24, 2.45) is 5.73 Å². The fraction of sp³-hybridized carbons (Fsp3) is 0.818. The average molecular weight is 259 g/mol. The molecule has 0 aliphatic rings. The summed E-state index contributed by atoms with van der Waals surface area (Å²) < 4.78 is 20.4. The molecule has 0 spiro atoms. The molecule has 0 saturated heterocycles. The Bertz CT molecular complexity index is 319. The smallest absolute Gasteiger partial charge is 0.252 e. The lowest BCUT2D eigenvalue weighted by Crippen LogP contribution is -2.19. The Hall–Kier alpha value is -1.02. The van der Waals surface area contributed by atoms with Crippen molar-refractivity contribution in [2.75, 3.05) is 33.5 Å². The first-order valence-electron chi connectivity index (χ1n) is 6.00. The fourth-order valence-corrected chi connectivity index (χ4v) is 1.21. The van der Waals surface area contributed by atoms with Crippen LogP contribution in [-0.2, 0) is 20.8 Å². The maximum atomic E-state index is 5.85. The third-order valence-electron chi connectivity index (χ3n) is 2.12. The van der Waals surface area contributed by atoms with Gasteiger partial charge in [0.2, 0.25) is 0 Å². The summed E-state index contributed by atoms with van der Waals surface area (Å²) in [6.07, 6.45) is 0.956. The summed E-state index contributed by atoms with van der Waals surface area (Å²) >= 11 is 0. The highest BCUT2D eigenvalue weighted by molar-refractivity contribution is 4.92. The van der Waals surface area contributed by atoms with Crippen LogP contribution in [0.1, 0.15) is 31.1 Å². The van der Waals surface area contributed by atoms with E-state index in [0.29, 0.717) is 38.1 Å². The molecule has 104 valence electrons. The SMILES string of the molecule is CCCOCC(N)c1noc(COCCOC)n1. The molecular formula is C11H21N3O4. The van der Waals surface area contributed by atoms with E-state index in [1.54, 1.807) is 7.11 Å². The highest BCUT2D eigenvalue weighted by Gasteiger charge is 2.14. The van der Waals surface area contributed by atoms with Crippen molar-refractivity contribution in [1.82, 2.24) is 10.1 Å². The zero-order chi connectivity index (χ0) is 13.2. The molecule has 0 aliphatic carbocycles. The Morgan fingerprint density at radius 1 is 1.28 bits per heavy atom. The zero-order valence-electron chi connectivity index (χ0n) is 10.9. The Kier molecular flexibility index (Phi) is 7.51. The largest absolute Gasteiger partial charge is 0.382 e. The molecule has 0 amide bonds. The van der Waals surface area contributed by atoms with Crippen molar-refractivity contribution in [2.45, 2.75) is 26.0 Å². The van der Waals surface area contributed by atoms with Crippen LogP contribution in [0.15, 0.2) is 4.52 Å². The minimum atomic E-state index is -0.368. The predicted octanol–water partition coefficient (Wildman–Crippen LogP) is 0.659. The average Bonchev–Trinajstić information content (AvgIpc) is 2.84. The van der Waals surface area contributed by atoms with Gasteiger partial charge in [0.25, 0.3) is 5.89 Å². The van der Waals surface area contributed by atoms with Crippen molar-refractivity contribution in [3.8, 4) is 0 Å². The molecule has 0 aromatic carbocycles. The second-order valence-corrected chi connectivity index (χ2v) is 3.77. The van der Waals surface area contributed by atoms with Gasteiger partial charge in [-0.15, -0.1) is 0 Å².